The van der Waals surface area contributed by atoms with E-state index in [4.69, 9.17) is 5.73 Å². The predicted octanol–water partition coefficient (Wildman–Crippen LogP) is 3.00. The lowest BCUT2D eigenvalue weighted by molar-refractivity contribution is 0.0953. The van der Waals surface area contributed by atoms with Crippen LogP contribution in [0.1, 0.15) is 62.2 Å². The summed E-state index contributed by atoms with van der Waals surface area (Å²) in [5.41, 5.74) is 6.43. The third-order valence-electron chi connectivity index (χ3n) is 4.57. The molecule has 2 fully saturated rings. The number of nitrogen functional groups attached to an aromatic ring is 1. The molecule has 6 heteroatoms. The van der Waals surface area contributed by atoms with Gasteiger partial charge in [0.2, 0.25) is 0 Å². The van der Waals surface area contributed by atoms with Crippen molar-refractivity contribution >= 4 is 28.3 Å². The molecule has 0 saturated heterocycles. The normalized spacial score (nSPS) is 21.0. The van der Waals surface area contributed by atoms with Crippen molar-refractivity contribution in [3.05, 3.63) is 5.56 Å². The molecule has 0 spiro atoms. The minimum Gasteiger partial charge on any atom is -0.382 e. The van der Waals surface area contributed by atoms with Crippen molar-refractivity contribution in [1.29, 1.82) is 0 Å². The number of nitrogens with two attached hydrogens (primary N) is 1. The SMILES string of the molecule is CC(Nc1snc(N)c1C(=O)NC1CC1)C1CCCCC1. The number of amides is 1. The Morgan fingerprint density at radius 3 is 2.67 bits per heavy atom. The van der Waals surface area contributed by atoms with Crippen molar-refractivity contribution < 1.29 is 4.79 Å². The summed E-state index contributed by atoms with van der Waals surface area (Å²) < 4.78 is 4.16. The van der Waals surface area contributed by atoms with Crippen LogP contribution in [0.5, 0.6) is 0 Å². The molecule has 2 aliphatic carbocycles. The fourth-order valence-electron chi connectivity index (χ4n) is 3.06. The Morgan fingerprint density at radius 1 is 1.29 bits per heavy atom. The van der Waals surface area contributed by atoms with E-state index in [9.17, 15) is 4.79 Å². The van der Waals surface area contributed by atoms with Gasteiger partial charge in [0.25, 0.3) is 5.91 Å². The molecule has 0 aliphatic heterocycles. The third-order valence-corrected chi connectivity index (χ3v) is 5.37. The van der Waals surface area contributed by atoms with Gasteiger partial charge in [0.1, 0.15) is 10.6 Å². The maximum atomic E-state index is 12.3. The highest BCUT2D eigenvalue weighted by molar-refractivity contribution is 7.11. The molecule has 4 N–H and O–H groups in total. The number of rotatable bonds is 5. The molecule has 1 unspecified atom stereocenters. The fraction of sp³-hybridized carbons (Fsp3) is 0.733. The number of aromatic nitrogens is 1. The van der Waals surface area contributed by atoms with Crippen LogP contribution in [0.2, 0.25) is 0 Å². The molecule has 0 radical (unpaired) electrons. The molecular weight excluding hydrogens is 284 g/mol. The van der Waals surface area contributed by atoms with Gasteiger partial charge < -0.3 is 16.4 Å². The van der Waals surface area contributed by atoms with Crippen molar-refractivity contribution in [1.82, 2.24) is 9.69 Å². The molecule has 116 valence electrons. The van der Waals surface area contributed by atoms with Crippen LogP contribution in [0.25, 0.3) is 0 Å². The van der Waals surface area contributed by atoms with Crippen LogP contribution in [0.15, 0.2) is 0 Å². The number of anilines is 2. The smallest absolute Gasteiger partial charge is 0.258 e. The molecular formula is C15H24N4OS. The van der Waals surface area contributed by atoms with Crippen molar-refractivity contribution in [2.24, 2.45) is 5.92 Å². The number of hydrogen-bond donors (Lipinski definition) is 3. The summed E-state index contributed by atoms with van der Waals surface area (Å²) in [5, 5.41) is 7.31. The quantitative estimate of drug-likeness (QED) is 0.781. The Bertz CT molecular complexity index is 506. The monoisotopic (exact) mass is 308 g/mol. The molecule has 0 aromatic carbocycles. The van der Waals surface area contributed by atoms with Crippen LogP contribution in [0.4, 0.5) is 10.8 Å². The Kier molecular flexibility index (Phi) is 4.33. The van der Waals surface area contributed by atoms with E-state index >= 15 is 0 Å². The summed E-state index contributed by atoms with van der Waals surface area (Å²) in [6.45, 7) is 2.20. The summed E-state index contributed by atoms with van der Waals surface area (Å²) >= 11 is 1.30. The van der Waals surface area contributed by atoms with Crippen LogP contribution < -0.4 is 16.4 Å². The first-order valence-electron chi connectivity index (χ1n) is 7.97. The number of nitrogens with zero attached hydrogens (tertiary/aromatic N) is 1. The summed E-state index contributed by atoms with van der Waals surface area (Å²) in [6, 6.07) is 0.693. The standard InChI is InChI=1S/C15H24N4OS/c1-9(10-5-3-2-4-6-10)17-15-12(13(16)19-21-15)14(20)18-11-7-8-11/h9-11,17H,2-8H2,1H3,(H2,16,19)(H,18,20). The van der Waals surface area contributed by atoms with E-state index in [0.717, 1.165) is 17.8 Å². The topological polar surface area (TPSA) is 80.0 Å². The minimum atomic E-state index is -0.0814. The maximum absolute atomic E-state index is 12.3. The van der Waals surface area contributed by atoms with Gasteiger partial charge in [0.15, 0.2) is 5.82 Å². The van der Waals surface area contributed by atoms with Crippen LogP contribution >= 0.6 is 11.5 Å². The Hall–Kier alpha value is -1.30. The first-order chi connectivity index (χ1) is 10.1. The van der Waals surface area contributed by atoms with Crippen LogP contribution in [0.3, 0.4) is 0 Å². The van der Waals surface area contributed by atoms with E-state index in [0.29, 0.717) is 29.4 Å². The molecule has 1 aromatic heterocycles. The van der Waals surface area contributed by atoms with E-state index in [2.05, 4.69) is 21.9 Å². The lowest BCUT2D eigenvalue weighted by Gasteiger charge is -2.28. The molecule has 2 saturated carbocycles. The molecule has 1 aromatic rings. The number of carbonyl (C=O) groups excluding carboxylic acids is 1. The van der Waals surface area contributed by atoms with Crippen molar-refractivity contribution in [3.63, 3.8) is 0 Å². The van der Waals surface area contributed by atoms with Crippen LogP contribution in [-0.4, -0.2) is 22.4 Å². The first-order valence-corrected chi connectivity index (χ1v) is 8.75. The van der Waals surface area contributed by atoms with Crippen molar-refractivity contribution in [2.45, 2.75) is 64.0 Å². The van der Waals surface area contributed by atoms with Crippen molar-refractivity contribution in [3.8, 4) is 0 Å². The van der Waals surface area contributed by atoms with Gasteiger partial charge in [-0.05, 0) is 50.1 Å². The molecule has 5 nitrogen and oxygen atoms in total. The van der Waals surface area contributed by atoms with E-state index in [-0.39, 0.29) is 5.91 Å². The molecule has 21 heavy (non-hydrogen) atoms. The largest absolute Gasteiger partial charge is 0.382 e. The Balaban J connectivity index is 1.68. The summed E-state index contributed by atoms with van der Waals surface area (Å²) in [4.78, 5) is 12.3. The first kappa shape index (κ1) is 14.6. The highest BCUT2D eigenvalue weighted by Crippen LogP contribution is 2.32. The minimum absolute atomic E-state index is 0.0814. The third kappa shape index (κ3) is 3.48. The van der Waals surface area contributed by atoms with Gasteiger partial charge in [0.05, 0.1) is 0 Å². The second-order valence-corrected chi connectivity index (χ2v) is 7.12. The summed E-state index contributed by atoms with van der Waals surface area (Å²) in [7, 11) is 0. The number of hydrogen-bond acceptors (Lipinski definition) is 5. The Labute approximate surface area is 129 Å². The maximum Gasteiger partial charge on any atom is 0.258 e. The number of carbonyl (C=O) groups is 1. The van der Waals surface area contributed by atoms with Gasteiger partial charge in [-0.1, -0.05) is 19.3 Å². The molecule has 2 aliphatic rings. The molecule has 1 heterocycles. The van der Waals surface area contributed by atoms with Crippen LogP contribution in [-0.2, 0) is 0 Å². The Morgan fingerprint density at radius 2 is 2.00 bits per heavy atom. The highest BCUT2D eigenvalue weighted by atomic mass is 32.1. The van der Waals surface area contributed by atoms with E-state index in [1.807, 2.05) is 0 Å². The molecule has 0 bridgehead atoms. The molecule has 1 atom stereocenters. The fourth-order valence-corrected chi connectivity index (χ4v) is 3.87. The van der Waals surface area contributed by atoms with E-state index in [1.54, 1.807) is 0 Å². The van der Waals surface area contributed by atoms with E-state index in [1.165, 1.54) is 43.6 Å². The zero-order valence-corrected chi connectivity index (χ0v) is 13.3. The zero-order chi connectivity index (χ0) is 14.8. The van der Waals surface area contributed by atoms with Gasteiger partial charge in [0, 0.05) is 12.1 Å². The van der Waals surface area contributed by atoms with Gasteiger partial charge in [-0.3, -0.25) is 4.79 Å². The lowest BCUT2D eigenvalue weighted by atomic mass is 9.84. The van der Waals surface area contributed by atoms with Gasteiger partial charge >= 0.3 is 0 Å². The highest BCUT2D eigenvalue weighted by Gasteiger charge is 2.28. The summed E-state index contributed by atoms with van der Waals surface area (Å²) in [6.07, 6.45) is 8.67. The average molecular weight is 308 g/mol. The average Bonchev–Trinajstić information content (AvgIpc) is 3.22. The van der Waals surface area contributed by atoms with Crippen molar-refractivity contribution in [2.75, 3.05) is 11.1 Å². The summed E-state index contributed by atoms with van der Waals surface area (Å²) in [5.74, 6) is 0.944. The number of nitrogens with one attached hydrogen (secondary N) is 2. The van der Waals surface area contributed by atoms with Crippen LogP contribution in [0, 0.1) is 5.92 Å². The van der Waals surface area contributed by atoms with Gasteiger partial charge in [-0.15, -0.1) is 0 Å². The molecule has 3 rings (SSSR count). The zero-order valence-electron chi connectivity index (χ0n) is 12.5. The lowest BCUT2D eigenvalue weighted by Crippen LogP contribution is -2.30. The second-order valence-electron chi connectivity index (χ2n) is 6.35. The second kappa shape index (κ2) is 6.22. The van der Waals surface area contributed by atoms with Gasteiger partial charge in [-0.2, -0.15) is 4.37 Å². The molecule has 1 amide bonds. The van der Waals surface area contributed by atoms with E-state index < -0.39 is 0 Å². The van der Waals surface area contributed by atoms with Gasteiger partial charge in [-0.25, -0.2) is 0 Å². The predicted molar refractivity (Wildman–Crippen MR) is 86.7 cm³/mol.